The summed E-state index contributed by atoms with van der Waals surface area (Å²) in [4.78, 5) is 6.88. The van der Waals surface area contributed by atoms with E-state index in [0.29, 0.717) is 0 Å². The molecule has 3 rings (SSSR count). The first kappa shape index (κ1) is 11.3. The fraction of sp³-hybridized carbons (Fsp3) is 0.357. The summed E-state index contributed by atoms with van der Waals surface area (Å²) in [6.07, 6.45) is 1.88. The number of nitrogens with zero attached hydrogens (tertiary/aromatic N) is 2. The van der Waals surface area contributed by atoms with Crippen molar-refractivity contribution < 1.29 is 4.74 Å². The SMILES string of the molecule is COc1ccc2ccnc(N3CCNCC3)c2c1. The van der Waals surface area contributed by atoms with Crippen LogP contribution in [0.15, 0.2) is 30.5 Å². The Morgan fingerprint density at radius 3 is 2.83 bits per heavy atom. The lowest BCUT2D eigenvalue weighted by molar-refractivity contribution is 0.415. The maximum atomic E-state index is 5.31. The largest absolute Gasteiger partial charge is 0.497 e. The van der Waals surface area contributed by atoms with Crippen LogP contribution in [-0.2, 0) is 0 Å². The molecule has 0 aliphatic carbocycles. The molecule has 0 unspecified atom stereocenters. The molecule has 1 aromatic heterocycles. The van der Waals surface area contributed by atoms with Crippen molar-refractivity contribution in [1.29, 1.82) is 0 Å². The summed E-state index contributed by atoms with van der Waals surface area (Å²) in [7, 11) is 1.70. The molecule has 0 spiro atoms. The molecule has 1 aliphatic heterocycles. The number of aromatic nitrogens is 1. The minimum Gasteiger partial charge on any atom is -0.497 e. The first-order chi connectivity index (χ1) is 8.88. The van der Waals surface area contributed by atoms with Gasteiger partial charge >= 0.3 is 0 Å². The minimum absolute atomic E-state index is 0.881. The normalized spacial score (nSPS) is 15.9. The zero-order valence-corrected chi connectivity index (χ0v) is 10.5. The number of methoxy groups -OCH3 is 1. The molecule has 1 N–H and O–H groups in total. The van der Waals surface area contributed by atoms with E-state index in [9.17, 15) is 0 Å². The Bertz CT molecular complexity index is 550. The van der Waals surface area contributed by atoms with Gasteiger partial charge in [0.25, 0.3) is 0 Å². The van der Waals surface area contributed by atoms with Crippen molar-refractivity contribution in [1.82, 2.24) is 10.3 Å². The molecule has 4 nitrogen and oxygen atoms in total. The van der Waals surface area contributed by atoms with Gasteiger partial charge in [-0.1, -0.05) is 6.07 Å². The van der Waals surface area contributed by atoms with E-state index in [2.05, 4.69) is 27.3 Å². The maximum absolute atomic E-state index is 5.31. The molecule has 0 bridgehead atoms. The number of pyridine rings is 1. The average molecular weight is 243 g/mol. The van der Waals surface area contributed by atoms with Crippen LogP contribution in [0.5, 0.6) is 5.75 Å². The molecule has 1 fully saturated rings. The quantitative estimate of drug-likeness (QED) is 0.870. The van der Waals surface area contributed by atoms with Crippen molar-refractivity contribution in [2.24, 2.45) is 0 Å². The van der Waals surface area contributed by atoms with Crippen molar-refractivity contribution in [2.75, 3.05) is 38.2 Å². The van der Waals surface area contributed by atoms with Crippen LogP contribution >= 0.6 is 0 Å². The van der Waals surface area contributed by atoms with E-state index >= 15 is 0 Å². The third-order valence-corrected chi connectivity index (χ3v) is 3.37. The summed E-state index contributed by atoms with van der Waals surface area (Å²) in [5.74, 6) is 1.94. The summed E-state index contributed by atoms with van der Waals surface area (Å²) in [6, 6.07) is 8.19. The van der Waals surface area contributed by atoms with Gasteiger partial charge in [0.1, 0.15) is 11.6 Å². The van der Waals surface area contributed by atoms with Crippen LogP contribution in [0.1, 0.15) is 0 Å². The third-order valence-electron chi connectivity index (χ3n) is 3.37. The van der Waals surface area contributed by atoms with E-state index in [1.165, 1.54) is 10.8 Å². The van der Waals surface area contributed by atoms with Gasteiger partial charge in [-0.25, -0.2) is 4.98 Å². The summed E-state index contributed by atoms with van der Waals surface area (Å²) < 4.78 is 5.31. The zero-order chi connectivity index (χ0) is 12.4. The second-order valence-corrected chi connectivity index (χ2v) is 4.46. The van der Waals surface area contributed by atoms with E-state index in [0.717, 1.165) is 37.7 Å². The lowest BCUT2D eigenvalue weighted by atomic mass is 10.1. The van der Waals surface area contributed by atoms with Crippen molar-refractivity contribution in [3.63, 3.8) is 0 Å². The van der Waals surface area contributed by atoms with Crippen LogP contribution in [0, 0.1) is 0 Å². The molecule has 1 aromatic carbocycles. The molecular weight excluding hydrogens is 226 g/mol. The van der Waals surface area contributed by atoms with E-state index < -0.39 is 0 Å². The Morgan fingerprint density at radius 2 is 2.06 bits per heavy atom. The first-order valence-electron chi connectivity index (χ1n) is 6.27. The number of ether oxygens (including phenoxy) is 1. The molecular formula is C14H17N3O. The number of hydrogen-bond acceptors (Lipinski definition) is 4. The topological polar surface area (TPSA) is 37.4 Å². The van der Waals surface area contributed by atoms with Gasteiger partial charge in [-0.2, -0.15) is 0 Å². The smallest absolute Gasteiger partial charge is 0.136 e. The molecule has 18 heavy (non-hydrogen) atoms. The van der Waals surface area contributed by atoms with Crippen LogP contribution in [0.3, 0.4) is 0 Å². The Labute approximate surface area is 107 Å². The Morgan fingerprint density at radius 1 is 1.22 bits per heavy atom. The zero-order valence-electron chi connectivity index (χ0n) is 10.5. The molecule has 0 amide bonds. The van der Waals surface area contributed by atoms with Crippen LogP contribution in [0.2, 0.25) is 0 Å². The maximum Gasteiger partial charge on any atom is 0.136 e. The molecule has 0 atom stereocenters. The lowest BCUT2D eigenvalue weighted by Crippen LogP contribution is -2.43. The standard InChI is InChI=1S/C14H17N3O/c1-18-12-3-2-11-4-5-16-14(13(11)10-12)17-8-6-15-7-9-17/h2-5,10,15H,6-9H2,1H3. The van der Waals surface area contributed by atoms with Crippen molar-refractivity contribution in [3.8, 4) is 5.75 Å². The van der Waals surface area contributed by atoms with Gasteiger partial charge in [-0.3, -0.25) is 0 Å². The van der Waals surface area contributed by atoms with Crippen LogP contribution in [0.4, 0.5) is 5.82 Å². The predicted octanol–water partition coefficient (Wildman–Crippen LogP) is 1.65. The highest BCUT2D eigenvalue weighted by Gasteiger charge is 2.14. The van der Waals surface area contributed by atoms with E-state index in [4.69, 9.17) is 4.74 Å². The van der Waals surface area contributed by atoms with E-state index in [1.807, 2.05) is 18.3 Å². The number of anilines is 1. The molecule has 1 saturated heterocycles. The van der Waals surface area contributed by atoms with Crippen LogP contribution in [-0.4, -0.2) is 38.3 Å². The summed E-state index contributed by atoms with van der Waals surface area (Å²) in [5, 5.41) is 5.73. The minimum atomic E-state index is 0.881. The Balaban J connectivity index is 2.09. The molecule has 4 heteroatoms. The van der Waals surface area contributed by atoms with E-state index in [-0.39, 0.29) is 0 Å². The van der Waals surface area contributed by atoms with Crippen molar-refractivity contribution in [2.45, 2.75) is 0 Å². The van der Waals surface area contributed by atoms with Crippen LogP contribution in [0.25, 0.3) is 10.8 Å². The highest BCUT2D eigenvalue weighted by molar-refractivity contribution is 5.93. The number of benzene rings is 1. The molecule has 2 aromatic rings. The van der Waals surface area contributed by atoms with Gasteiger partial charge in [-0.05, 0) is 23.6 Å². The highest BCUT2D eigenvalue weighted by Crippen LogP contribution is 2.28. The second kappa shape index (κ2) is 4.82. The number of piperazine rings is 1. The Hall–Kier alpha value is -1.81. The van der Waals surface area contributed by atoms with Gasteiger partial charge in [0, 0.05) is 37.8 Å². The summed E-state index contributed by atoms with van der Waals surface area (Å²) in [5.41, 5.74) is 0. The molecule has 94 valence electrons. The third kappa shape index (κ3) is 1.99. The van der Waals surface area contributed by atoms with Crippen LogP contribution < -0.4 is 15.0 Å². The lowest BCUT2D eigenvalue weighted by Gasteiger charge is -2.29. The number of nitrogens with one attached hydrogen (secondary N) is 1. The molecule has 0 saturated carbocycles. The summed E-state index contributed by atoms with van der Waals surface area (Å²) >= 11 is 0. The van der Waals surface area contributed by atoms with Gasteiger partial charge in [0.2, 0.25) is 0 Å². The molecule has 1 aliphatic rings. The van der Waals surface area contributed by atoms with E-state index in [1.54, 1.807) is 7.11 Å². The first-order valence-corrected chi connectivity index (χ1v) is 6.27. The average Bonchev–Trinajstić information content (AvgIpc) is 2.47. The van der Waals surface area contributed by atoms with Crippen molar-refractivity contribution in [3.05, 3.63) is 30.5 Å². The van der Waals surface area contributed by atoms with Gasteiger partial charge < -0.3 is 15.0 Å². The van der Waals surface area contributed by atoms with Gasteiger partial charge in [0.15, 0.2) is 0 Å². The fourth-order valence-electron chi connectivity index (χ4n) is 2.39. The number of hydrogen-bond donors (Lipinski definition) is 1. The monoisotopic (exact) mass is 243 g/mol. The highest BCUT2D eigenvalue weighted by atomic mass is 16.5. The van der Waals surface area contributed by atoms with Gasteiger partial charge in [0.05, 0.1) is 7.11 Å². The van der Waals surface area contributed by atoms with Gasteiger partial charge in [-0.15, -0.1) is 0 Å². The second-order valence-electron chi connectivity index (χ2n) is 4.46. The predicted molar refractivity (Wildman–Crippen MR) is 73.4 cm³/mol. The molecule has 2 heterocycles. The Kier molecular flexibility index (Phi) is 3.02. The number of rotatable bonds is 2. The summed E-state index contributed by atoms with van der Waals surface area (Å²) in [6.45, 7) is 4.04. The van der Waals surface area contributed by atoms with Crippen molar-refractivity contribution >= 4 is 16.6 Å². The number of fused-ring (bicyclic) bond motifs is 1. The molecule has 0 radical (unpaired) electrons. The fourth-order valence-corrected chi connectivity index (χ4v) is 2.39.